The number of nitro groups is 1. The van der Waals surface area contributed by atoms with Gasteiger partial charge in [-0.25, -0.2) is 27.8 Å². The zero-order chi connectivity index (χ0) is 27.8. The molecule has 0 N–H and O–H groups in total. The number of ether oxygens (including phenoxy) is 3. The summed E-state index contributed by atoms with van der Waals surface area (Å²) in [6, 6.07) is 1.43. The molecule has 0 bridgehead atoms. The van der Waals surface area contributed by atoms with Crippen LogP contribution in [0.1, 0.15) is 61.0 Å². The van der Waals surface area contributed by atoms with Gasteiger partial charge in [-0.3, -0.25) is 10.1 Å². The van der Waals surface area contributed by atoms with Gasteiger partial charge in [0.15, 0.2) is 12.3 Å². The highest BCUT2D eigenvalue weighted by Gasteiger charge is 2.53. The Morgan fingerprint density at radius 2 is 1.67 bits per heavy atom. The average molecular weight is 518 g/mol. The first-order valence-electron chi connectivity index (χ1n) is 11.0. The summed E-state index contributed by atoms with van der Waals surface area (Å²) >= 11 is 0. The van der Waals surface area contributed by atoms with Gasteiger partial charge in [-0.2, -0.15) is 0 Å². The van der Waals surface area contributed by atoms with Gasteiger partial charge in [0, 0.05) is 17.7 Å². The third-order valence-corrected chi connectivity index (χ3v) is 4.90. The van der Waals surface area contributed by atoms with E-state index in [-0.39, 0.29) is 4.90 Å². The van der Waals surface area contributed by atoms with E-state index >= 15 is 4.39 Å². The molecule has 0 unspecified atom stereocenters. The highest BCUT2D eigenvalue weighted by atomic mass is 19.1. The summed E-state index contributed by atoms with van der Waals surface area (Å²) in [6.07, 6.45) is -9.06. The monoisotopic (exact) mass is 517 g/mol. The molecule has 1 aliphatic rings. The number of non-ortho nitro benzene ring substituents is 1. The highest BCUT2D eigenvalue weighted by Crippen LogP contribution is 2.41. The summed E-state index contributed by atoms with van der Waals surface area (Å²) in [6.45, 7) is 11.0. The van der Waals surface area contributed by atoms with E-state index in [9.17, 15) is 28.5 Å². The normalized spacial score (nSPS) is 23.1. The number of nitrogens with zero attached hydrogens (tertiary/aromatic N) is 3. The van der Waals surface area contributed by atoms with Crippen molar-refractivity contribution in [1.29, 1.82) is 0 Å². The third-order valence-electron chi connectivity index (χ3n) is 4.90. The molecule has 1 aliphatic heterocycles. The van der Waals surface area contributed by atoms with E-state index in [1.54, 1.807) is 0 Å². The van der Waals surface area contributed by atoms with Crippen LogP contribution in [0.4, 0.5) is 28.4 Å². The second-order valence-corrected chi connectivity index (χ2v) is 10.4. The van der Waals surface area contributed by atoms with E-state index in [0.717, 1.165) is 32.0 Å². The Morgan fingerprint density at radius 1 is 1.17 bits per heavy atom. The lowest BCUT2D eigenvalue weighted by molar-refractivity contribution is -0.385. The lowest BCUT2D eigenvalue weighted by Crippen LogP contribution is -2.57. The van der Waals surface area contributed by atoms with E-state index in [4.69, 9.17) is 14.2 Å². The molecule has 0 saturated carbocycles. The van der Waals surface area contributed by atoms with Crippen LogP contribution in [0.2, 0.25) is 0 Å². The van der Waals surface area contributed by atoms with Crippen LogP contribution in [0, 0.1) is 15.9 Å². The van der Waals surface area contributed by atoms with E-state index in [0.29, 0.717) is 0 Å². The predicted octanol–water partition coefficient (Wildman–Crippen LogP) is 5.57. The zero-order valence-electron chi connectivity index (χ0n) is 21.3. The van der Waals surface area contributed by atoms with Crippen molar-refractivity contribution >= 4 is 23.9 Å². The van der Waals surface area contributed by atoms with Gasteiger partial charge in [0.2, 0.25) is 0 Å². The van der Waals surface area contributed by atoms with Gasteiger partial charge in [0.25, 0.3) is 5.69 Å². The third kappa shape index (κ3) is 6.43. The number of amidine groups is 1. The van der Waals surface area contributed by atoms with Crippen molar-refractivity contribution in [1.82, 2.24) is 4.90 Å². The van der Waals surface area contributed by atoms with Crippen LogP contribution in [-0.4, -0.2) is 57.7 Å². The number of aliphatic imine (C=N–C) groups is 1. The molecule has 1 heterocycles. The zero-order valence-corrected chi connectivity index (χ0v) is 21.3. The number of halogens is 3. The fourth-order valence-electron chi connectivity index (χ4n) is 3.29. The van der Waals surface area contributed by atoms with Crippen molar-refractivity contribution in [2.45, 2.75) is 90.6 Å². The van der Waals surface area contributed by atoms with Crippen LogP contribution in [0.15, 0.2) is 23.2 Å². The maximum absolute atomic E-state index is 15.7. The molecule has 0 aromatic heterocycles. The molecule has 36 heavy (non-hydrogen) atoms. The van der Waals surface area contributed by atoms with Crippen molar-refractivity contribution in [2.24, 2.45) is 4.99 Å². The summed E-state index contributed by atoms with van der Waals surface area (Å²) in [5, 5.41) is 11.3. The van der Waals surface area contributed by atoms with Crippen LogP contribution in [0.5, 0.6) is 0 Å². The summed E-state index contributed by atoms with van der Waals surface area (Å²) < 4.78 is 60.8. The number of alkyl halides is 2. The number of amides is 2. The minimum absolute atomic E-state index is 0.214. The smallest absolute Gasteiger partial charge is 0.428 e. The highest BCUT2D eigenvalue weighted by molar-refractivity contribution is 6.06. The largest absolute Gasteiger partial charge is 0.455 e. The lowest BCUT2D eigenvalue weighted by Gasteiger charge is -2.41. The summed E-state index contributed by atoms with van der Waals surface area (Å²) in [7, 11) is 0. The van der Waals surface area contributed by atoms with Crippen molar-refractivity contribution in [3.63, 3.8) is 0 Å². The van der Waals surface area contributed by atoms with Crippen LogP contribution in [0.25, 0.3) is 0 Å². The number of rotatable bonds is 3. The lowest BCUT2D eigenvalue weighted by atomic mass is 9.82. The Kier molecular flexibility index (Phi) is 7.96. The van der Waals surface area contributed by atoms with Crippen molar-refractivity contribution in [2.75, 3.05) is 0 Å². The first-order chi connectivity index (χ1) is 16.3. The number of benzene rings is 1. The van der Waals surface area contributed by atoms with Crippen LogP contribution in [0.3, 0.4) is 0 Å². The molecule has 2 rings (SSSR count). The van der Waals surface area contributed by atoms with Gasteiger partial charge >= 0.3 is 18.2 Å². The molecule has 0 fully saturated rings. The first kappa shape index (κ1) is 28.9. The Bertz CT molecular complexity index is 1040. The molecule has 0 aliphatic carbocycles. The molecule has 0 radical (unpaired) electrons. The maximum atomic E-state index is 15.7. The van der Waals surface area contributed by atoms with Gasteiger partial charge in [-0.1, -0.05) is 0 Å². The summed E-state index contributed by atoms with van der Waals surface area (Å²) in [5.41, 5.74) is -5.76. The molecule has 4 atom stereocenters. The van der Waals surface area contributed by atoms with E-state index in [2.05, 4.69) is 4.99 Å². The summed E-state index contributed by atoms with van der Waals surface area (Å²) in [5.74, 6) is -1.08. The van der Waals surface area contributed by atoms with Crippen LogP contribution < -0.4 is 0 Å². The van der Waals surface area contributed by atoms with Gasteiger partial charge in [0.05, 0.1) is 4.92 Å². The van der Waals surface area contributed by atoms with Crippen LogP contribution in [-0.2, 0) is 19.7 Å². The van der Waals surface area contributed by atoms with Gasteiger partial charge < -0.3 is 14.2 Å². The molecule has 1 aromatic carbocycles. The van der Waals surface area contributed by atoms with Crippen LogP contribution >= 0.6 is 0 Å². The van der Waals surface area contributed by atoms with E-state index in [1.807, 2.05) is 0 Å². The molecule has 0 saturated heterocycles. The van der Waals surface area contributed by atoms with Crippen molar-refractivity contribution in [3.8, 4) is 0 Å². The molecular formula is C23H30F3N3O7. The SMILES string of the molecule is C[C@@H](F)[C@H]1OC(N(C(=O)OC(C)(C)C)C(=O)OC(C)(C)C)=N[C@](C)(c2cc([N+](=O)[O-])ccc2F)[C@H]1F. The Morgan fingerprint density at radius 3 is 2.08 bits per heavy atom. The molecule has 13 heteroatoms. The number of hydrogen-bond acceptors (Lipinski definition) is 8. The number of nitro benzene ring substituents is 1. The predicted molar refractivity (Wildman–Crippen MR) is 122 cm³/mol. The Labute approximate surface area is 206 Å². The van der Waals surface area contributed by atoms with Crippen molar-refractivity contribution < 1.29 is 41.9 Å². The Hall–Kier alpha value is -3.38. The molecule has 10 nitrogen and oxygen atoms in total. The quantitative estimate of drug-likeness (QED) is 0.379. The van der Waals surface area contributed by atoms with Gasteiger partial charge in [-0.15, -0.1) is 4.90 Å². The minimum Gasteiger partial charge on any atom is -0.455 e. The van der Waals surface area contributed by atoms with E-state index < -0.39 is 75.4 Å². The minimum atomic E-state index is -2.38. The number of carbonyl (C=O) groups excluding carboxylic acids is 2. The topological polar surface area (TPSA) is 121 Å². The second kappa shape index (κ2) is 9.94. The van der Waals surface area contributed by atoms with Gasteiger partial charge in [0.1, 0.15) is 28.7 Å². The second-order valence-electron chi connectivity index (χ2n) is 10.4. The summed E-state index contributed by atoms with van der Waals surface area (Å²) in [4.78, 5) is 40.6. The van der Waals surface area contributed by atoms with Gasteiger partial charge in [-0.05, 0) is 61.5 Å². The maximum Gasteiger partial charge on any atom is 0.428 e. The molecule has 0 spiro atoms. The standard InChI is InChI=1S/C23H30F3N3O7/c1-12(24)16-17(26)23(8,14-11-13(29(32)33)9-10-15(14)25)27-18(34-16)28(19(30)35-21(2,3)4)20(31)36-22(5,6)7/h9-12,16-17H,1-8H3/t12-,16-,17+,23-/m1/s1. The fourth-order valence-corrected chi connectivity index (χ4v) is 3.29. The van der Waals surface area contributed by atoms with E-state index in [1.165, 1.54) is 41.5 Å². The fraction of sp³-hybridized carbons (Fsp3) is 0.609. The number of imide groups is 1. The number of carbonyl (C=O) groups is 2. The Balaban J connectivity index is 2.78. The number of hydrogen-bond donors (Lipinski definition) is 0. The molecule has 1 aromatic rings. The molecule has 200 valence electrons. The molecule has 2 amide bonds. The average Bonchev–Trinajstić information content (AvgIpc) is 2.67. The molecular weight excluding hydrogens is 487 g/mol. The first-order valence-corrected chi connectivity index (χ1v) is 11.0. The van der Waals surface area contributed by atoms with Crippen molar-refractivity contribution in [3.05, 3.63) is 39.7 Å².